The predicted molar refractivity (Wildman–Crippen MR) is 64.9 cm³/mol. The molecule has 0 N–H and O–H groups in total. The Morgan fingerprint density at radius 1 is 1.44 bits per heavy atom. The molecule has 1 atom stereocenters. The molecule has 16 heavy (non-hydrogen) atoms. The first kappa shape index (κ1) is 11.9. The smallest absolute Gasteiger partial charge is 0.212 e. The minimum Gasteiger partial charge on any atom is -0.212 e. The minimum absolute atomic E-state index is 0.0956. The van der Waals surface area contributed by atoms with Gasteiger partial charge in [0.1, 0.15) is 5.50 Å². The monoisotopic (exact) mass is 259 g/mol. The van der Waals surface area contributed by atoms with E-state index >= 15 is 0 Å². The fraction of sp³-hybridized carbons (Fsp3) is 0.455. The van der Waals surface area contributed by atoms with Crippen molar-refractivity contribution in [2.24, 2.45) is 0 Å². The van der Waals surface area contributed by atoms with E-state index in [1.807, 2.05) is 24.3 Å². The van der Waals surface area contributed by atoms with Crippen molar-refractivity contribution >= 4 is 21.6 Å². The highest BCUT2D eigenvalue weighted by Gasteiger charge is 2.32. The maximum absolute atomic E-state index is 11.8. The Bertz CT molecular complexity index is 487. The molecule has 0 saturated heterocycles. The molecule has 88 valence electrons. The molecule has 0 unspecified atom stereocenters. The molecule has 3 nitrogen and oxygen atoms in total. The van der Waals surface area contributed by atoms with Gasteiger partial charge in [-0.3, -0.25) is 0 Å². The van der Waals surface area contributed by atoms with Crippen molar-refractivity contribution in [1.29, 1.82) is 0 Å². The Labute approximate surface area is 101 Å². The van der Waals surface area contributed by atoms with Crippen LogP contribution < -0.4 is 0 Å². The van der Waals surface area contributed by atoms with Crippen molar-refractivity contribution < 1.29 is 8.42 Å². The van der Waals surface area contributed by atoms with Crippen LogP contribution in [0.2, 0.25) is 0 Å². The quantitative estimate of drug-likeness (QED) is 0.603. The van der Waals surface area contributed by atoms with E-state index < -0.39 is 15.5 Å². The van der Waals surface area contributed by atoms with Crippen molar-refractivity contribution in [3.63, 3.8) is 0 Å². The molecule has 0 aliphatic carbocycles. The summed E-state index contributed by atoms with van der Waals surface area (Å²) < 4.78 is 25.0. The topological polar surface area (TPSA) is 37.4 Å². The Kier molecular flexibility index (Phi) is 3.24. The van der Waals surface area contributed by atoms with Gasteiger partial charge < -0.3 is 0 Å². The van der Waals surface area contributed by atoms with Gasteiger partial charge in [0.15, 0.2) is 0 Å². The van der Waals surface area contributed by atoms with E-state index in [2.05, 4.69) is 0 Å². The van der Waals surface area contributed by atoms with Gasteiger partial charge >= 0.3 is 0 Å². The standard InChI is InChI=1S/C11H14ClNO2S/c1-2-16(14,15)13-8-7-9-5-3-4-6-10(9)11(13)12/h3-6,11H,2,7-8H2,1H3/t11-/m0/s1. The van der Waals surface area contributed by atoms with E-state index in [9.17, 15) is 8.42 Å². The van der Waals surface area contributed by atoms with Crippen molar-refractivity contribution in [3.8, 4) is 0 Å². The summed E-state index contributed by atoms with van der Waals surface area (Å²) in [6, 6.07) is 7.73. The SMILES string of the molecule is CCS(=O)(=O)N1CCc2ccccc2[C@H]1Cl. The van der Waals surface area contributed by atoms with Gasteiger partial charge in [-0.2, -0.15) is 4.31 Å². The maximum atomic E-state index is 11.8. The molecule has 1 heterocycles. The molecule has 0 radical (unpaired) electrons. The summed E-state index contributed by atoms with van der Waals surface area (Å²) >= 11 is 6.22. The van der Waals surface area contributed by atoms with E-state index in [0.29, 0.717) is 6.54 Å². The summed E-state index contributed by atoms with van der Waals surface area (Å²) in [7, 11) is -3.21. The van der Waals surface area contributed by atoms with Crippen molar-refractivity contribution in [1.82, 2.24) is 4.31 Å². The van der Waals surface area contributed by atoms with Crippen LogP contribution in [-0.4, -0.2) is 25.0 Å². The zero-order valence-electron chi connectivity index (χ0n) is 9.06. The summed E-state index contributed by atoms with van der Waals surface area (Å²) in [6.45, 7) is 2.11. The van der Waals surface area contributed by atoms with Gasteiger partial charge in [0.2, 0.25) is 10.0 Å². The third-order valence-corrected chi connectivity index (χ3v) is 5.31. The Morgan fingerprint density at radius 2 is 2.12 bits per heavy atom. The second-order valence-corrected chi connectivity index (χ2v) is 6.42. The molecule has 0 amide bonds. The first-order valence-electron chi connectivity index (χ1n) is 5.27. The normalized spacial score (nSPS) is 21.8. The number of halogens is 1. The molecular weight excluding hydrogens is 246 g/mol. The molecule has 1 aromatic rings. The van der Waals surface area contributed by atoms with Crippen molar-refractivity contribution in [3.05, 3.63) is 35.4 Å². The molecule has 1 aliphatic rings. The van der Waals surface area contributed by atoms with Gasteiger partial charge in [-0.15, -0.1) is 0 Å². The van der Waals surface area contributed by atoms with Crippen LogP contribution in [0.15, 0.2) is 24.3 Å². The van der Waals surface area contributed by atoms with E-state index in [1.165, 1.54) is 4.31 Å². The number of fused-ring (bicyclic) bond motifs is 1. The highest BCUT2D eigenvalue weighted by molar-refractivity contribution is 7.89. The second kappa shape index (κ2) is 4.35. The van der Waals surface area contributed by atoms with Gasteiger partial charge in [0.05, 0.1) is 5.75 Å². The fourth-order valence-corrected chi connectivity index (χ4v) is 3.71. The lowest BCUT2D eigenvalue weighted by Crippen LogP contribution is -2.38. The van der Waals surface area contributed by atoms with Gasteiger partial charge in [0, 0.05) is 6.54 Å². The van der Waals surface area contributed by atoms with Crippen LogP contribution in [0.3, 0.4) is 0 Å². The number of sulfonamides is 1. The Balaban J connectivity index is 2.39. The predicted octanol–water partition coefficient (Wildman–Crippen LogP) is 2.13. The second-order valence-electron chi connectivity index (χ2n) is 3.80. The number of hydrogen-bond acceptors (Lipinski definition) is 2. The van der Waals surface area contributed by atoms with Crippen LogP contribution in [0.5, 0.6) is 0 Å². The lowest BCUT2D eigenvalue weighted by atomic mass is 10.0. The van der Waals surface area contributed by atoms with Crippen molar-refractivity contribution in [2.75, 3.05) is 12.3 Å². The van der Waals surface area contributed by atoms with Gasteiger partial charge in [-0.05, 0) is 24.5 Å². The van der Waals surface area contributed by atoms with Gasteiger partial charge in [0.25, 0.3) is 0 Å². The van der Waals surface area contributed by atoms with Crippen LogP contribution in [0.25, 0.3) is 0 Å². The number of alkyl halides is 1. The average molecular weight is 260 g/mol. The van der Waals surface area contributed by atoms with E-state index in [-0.39, 0.29) is 5.75 Å². The van der Waals surface area contributed by atoms with Crippen LogP contribution >= 0.6 is 11.6 Å². The zero-order chi connectivity index (χ0) is 11.8. The third-order valence-electron chi connectivity index (χ3n) is 2.89. The number of nitrogens with zero attached hydrogens (tertiary/aromatic N) is 1. The molecule has 0 bridgehead atoms. The Hall–Kier alpha value is -0.580. The summed E-state index contributed by atoms with van der Waals surface area (Å²) in [5.41, 5.74) is 1.49. The van der Waals surface area contributed by atoms with Crippen LogP contribution in [-0.2, 0) is 16.4 Å². The lowest BCUT2D eigenvalue weighted by molar-refractivity contribution is 0.378. The van der Waals surface area contributed by atoms with Gasteiger partial charge in [-0.25, -0.2) is 8.42 Å². The van der Waals surface area contributed by atoms with Crippen LogP contribution in [0.4, 0.5) is 0 Å². The van der Waals surface area contributed by atoms with E-state index in [1.54, 1.807) is 6.92 Å². The fourth-order valence-electron chi connectivity index (χ4n) is 1.94. The average Bonchev–Trinajstić information content (AvgIpc) is 2.29. The summed E-state index contributed by atoms with van der Waals surface area (Å²) in [5, 5.41) is 0. The number of hydrogen-bond donors (Lipinski definition) is 0. The molecular formula is C11H14ClNO2S. The molecule has 0 aromatic heterocycles. The van der Waals surface area contributed by atoms with E-state index in [4.69, 9.17) is 11.6 Å². The highest BCUT2D eigenvalue weighted by atomic mass is 35.5. The minimum atomic E-state index is -3.21. The van der Waals surface area contributed by atoms with Crippen LogP contribution in [0.1, 0.15) is 23.6 Å². The van der Waals surface area contributed by atoms with Crippen LogP contribution in [0, 0.1) is 0 Å². The molecule has 0 fully saturated rings. The first-order valence-corrected chi connectivity index (χ1v) is 7.32. The number of rotatable bonds is 2. The van der Waals surface area contributed by atoms with Crippen molar-refractivity contribution in [2.45, 2.75) is 18.8 Å². The zero-order valence-corrected chi connectivity index (χ0v) is 10.6. The molecule has 2 rings (SSSR count). The number of benzene rings is 1. The first-order chi connectivity index (χ1) is 7.56. The van der Waals surface area contributed by atoms with Gasteiger partial charge in [-0.1, -0.05) is 35.9 Å². The third kappa shape index (κ3) is 1.97. The maximum Gasteiger partial charge on any atom is 0.215 e. The molecule has 1 aliphatic heterocycles. The molecule has 5 heteroatoms. The summed E-state index contributed by atoms with van der Waals surface area (Å²) in [6.07, 6.45) is 0.735. The summed E-state index contributed by atoms with van der Waals surface area (Å²) in [5.74, 6) is 0.0956. The molecule has 1 aromatic carbocycles. The molecule has 0 saturated carbocycles. The molecule has 0 spiro atoms. The largest absolute Gasteiger partial charge is 0.215 e. The Morgan fingerprint density at radius 3 is 2.81 bits per heavy atom. The summed E-state index contributed by atoms with van der Waals surface area (Å²) in [4.78, 5) is 0. The highest BCUT2D eigenvalue weighted by Crippen LogP contribution is 2.34. The lowest BCUT2D eigenvalue weighted by Gasteiger charge is -2.32. The van der Waals surface area contributed by atoms with E-state index in [0.717, 1.165) is 17.5 Å².